The zero-order valence-corrected chi connectivity index (χ0v) is 22.1. The van der Waals surface area contributed by atoms with Crippen LogP contribution in [0, 0.1) is 0 Å². The summed E-state index contributed by atoms with van der Waals surface area (Å²) in [6, 6.07) is 0. The molecule has 0 aromatic carbocycles. The lowest BCUT2D eigenvalue weighted by Gasteiger charge is -2.08. The van der Waals surface area contributed by atoms with Crippen LogP contribution in [0.3, 0.4) is 0 Å². The molecule has 0 bridgehead atoms. The first-order chi connectivity index (χ1) is 16.6. The average molecular weight is 476 g/mol. The van der Waals surface area contributed by atoms with E-state index in [9.17, 15) is 9.59 Å². The first-order valence-electron chi connectivity index (χ1n) is 13.9. The van der Waals surface area contributed by atoms with Gasteiger partial charge in [-0.1, -0.05) is 103 Å². The second-order valence-corrected chi connectivity index (χ2v) is 9.87. The topological polar surface area (TPSA) is 73.8 Å². The molecule has 1 N–H and O–H groups in total. The lowest BCUT2D eigenvalue weighted by atomic mass is 10.0. The predicted molar refractivity (Wildman–Crippen MR) is 143 cm³/mol. The number of aromatic nitrogens is 4. The van der Waals surface area contributed by atoms with E-state index < -0.39 is 0 Å². The highest BCUT2D eigenvalue weighted by molar-refractivity contribution is 5.69. The van der Waals surface area contributed by atoms with Crippen molar-refractivity contribution in [3.05, 3.63) is 27.2 Å². The Bertz CT molecular complexity index is 927. The Hall–Kier alpha value is -1.89. The first-order valence-corrected chi connectivity index (χ1v) is 13.9. The molecule has 0 aliphatic heterocycles. The number of unbranched alkanes of at least 4 members (excludes halogenated alkanes) is 15. The Morgan fingerprint density at radius 3 is 1.74 bits per heavy atom. The number of aryl methyl sites for hydroxylation is 1. The van der Waals surface area contributed by atoms with E-state index in [0.717, 1.165) is 17.7 Å². The number of hydrogen-bond acceptors (Lipinski definition) is 4. The number of imidazole rings is 1. The minimum atomic E-state index is -0.343. The van der Waals surface area contributed by atoms with E-state index in [4.69, 9.17) is 0 Å². The average Bonchev–Trinajstić information content (AvgIpc) is 3.27. The quantitative estimate of drug-likeness (QED) is 0.264. The van der Waals surface area contributed by atoms with E-state index in [0.29, 0.717) is 17.7 Å². The SMILES string of the molecule is CCCCCCCCCCCCCCCCCCNCCn1cnc2c1c(=O)n(C)c(=O)n2C. The summed E-state index contributed by atoms with van der Waals surface area (Å²) in [4.78, 5) is 28.7. The van der Waals surface area contributed by atoms with Crippen LogP contribution in [-0.4, -0.2) is 31.8 Å². The minimum absolute atomic E-state index is 0.284. The zero-order chi connectivity index (χ0) is 24.6. The summed E-state index contributed by atoms with van der Waals surface area (Å²) in [6.45, 7) is 4.74. The number of rotatable bonds is 20. The van der Waals surface area contributed by atoms with Gasteiger partial charge in [-0.05, 0) is 13.0 Å². The van der Waals surface area contributed by atoms with Gasteiger partial charge in [-0.25, -0.2) is 9.78 Å². The van der Waals surface area contributed by atoms with Gasteiger partial charge in [0.1, 0.15) is 0 Å². The van der Waals surface area contributed by atoms with Crippen LogP contribution in [-0.2, 0) is 20.6 Å². The van der Waals surface area contributed by atoms with Crippen molar-refractivity contribution in [2.75, 3.05) is 13.1 Å². The summed E-state index contributed by atoms with van der Waals surface area (Å²) in [7, 11) is 3.16. The Labute approximate surface area is 206 Å². The maximum atomic E-state index is 12.5. The molecule has 2 aromatic heterocycles. The molecule has 7 heteroatoms. The van der Waals surface area contributed by atoms with Crippen LogP contribution in [0.4, 0.5) is 0 Å². The summed E-state index contributed by atoms with van der Waals surface area (Å²) in [6.07, 6.45) is 23.8. The molecule has 34 heavy (non-hydrogen) atoms. The first kappa shape index (κ1) is 28.3. The molecule has 2 aromatic rings. The van der Waals surface area contributed by atoms with Crippen molar-refractivity contribution in [3.63, 3.8) is 0 Å². The molecule has 194 valence electrons. The van der Waals surface area contributed by atoms with E-state index in [-0.39, 0.29) is 11.2 Å². The number of nitrogens with one attached hydrogen (secondary N) is 1. The smallest absolute Gasteiger partial charge is 0.323 e. The number of hydrogen-bond donors (Lipinski definition) is 1. The fraction of sp³-hybridized carbons (Fsp3) is 0.815. The van der Waals surface area contributed by atoms with E-state index in [1.807, 2.05) is 4.57 Å². The molecule has 0 aliphatic rings. The van der Waals surface area contributed by atoms with Crippen molar-refractivity contribution in [1.82, 2.24) is 24.0 Å². The largest absolute Gasteiger partial charge is 0.332 e. The van der Waals surface area contributed by atoms with Crippen LogP contribution in [0.25, 0.3) is 11.2 Å². The molecule has 0 spiro atoms. The van der Waals surface area contributed by atoms with Crippen molar-refractivity contribution < 1.29 is 0 Å². The third-order valence-electron chi connectivity index (χ3n) is 6.95. The van der Waals surface area contributed by atoms with Crippen LogP contribution in [0.2, 0.25) is 0 Å². The molecule has 0 atom stereocenters. The summed E-state index contributed by atoms with van der Waals surface area (Å²) < 4.78 is 4.42. The molecular formula is C27H49N5O2. The lowest BCUT2D eigenvalue weighted by molar-refractivity contribution is 0.522. The molecule has 2 heterocycles. The third-order valence-corrected chi connectivity index (χ3v) is 6.95. The van der Waals surface area contributed by atoms with E-state index in [1.165, 1.54) is 114 Å². The lowest BCUT2D eigenvalue weighted by Crippen LogP contribution is -2.37. The molecule has 0 fully saturated rings. The highest BCUT2D eigenvalue weighted by Gasteiger charge is 2.13. The summed E-state index contributed by atoms with van der Waals surface area (Å²) in [5, 5.41) is 3.47. The van der Waals surface area contributed by atoms with Crippen molar-refractivity contribution >= 4 is 11.2 Å². The van der Waals surface area contributed by atoms with Gasteiger partial charge in [0.25, 0.3) is 5.56 Å². The van der Waals surface area contributed by atoms with Crippen molar-refractivity contribution in [1.29, 1.82) is 0 Å². The van der Waals surface area contributed by atoms with Crippen molar-refractivity contribution in [2.45, 2.75) is 116 Å². The minimum Gasteiger partial charge on any atom is -0.323 e. The third kappa shape index (κ3) is 9.40. The predicted octanol–water partition coefficient (Wildman–Crippen LogP) is 5.28. The fourth-order valence-electron chi connectivity index (χ4n) is 4.69. The van der Waals surface area contributed by atoms with Crippen LogP contribution in [0.5, 0.6) is 0 Å². The van der Waals surface area contributed by atoms with Gasteiger partial charge in [-0.15, -0.1) is 0 Å². The second-order valence-electron chi connectivity index (χ2n) is 9.87. The summed E-state index contributed by atoms with van der Waals surface area (Å²) >= 11 is 0. The van der Waals surface area contributed by atoms with Crippen LogP contribution in [0.15, 0.2) is 15.9 Å². The monoisotopic (exact) mass is 475 g/mol. The molecular weight excluding hydrogens is 426 g/mol. The maximum absolute atomic E-state index is 12.5. The van der Waals surface area contributed by atoms with Crippen molar-refractivity contribution in [2.24, 2.45) is 14.1 Å². The highest BCUT2D eigenvalue weighted by atomic mass is 16.2. The van der Waals surface area contributed by atoms with Gasteiger partial charge in [-0.2, -0.15) is 0 Å². The van der Waals surface area contributed by atoms with E-state index >= 15 is 0 Å². The van der Waals surface area contributed by atoms with Gasteiger partial charge in [-0.3, -0.25) is 13.9 Å². The summed E-state index contributed by atoms with van der Waals surface area (Å²) in [5.74, 6) is 0. The van der Waals surface area contributed by atoms with Gasteiger partial charge in [0.2, 0.25) is 0 Å². The number of fused-ring (bicyclic) bond motifs is 1. The Morgan fingerprint density at radius 2 is 1.21 bits per heavy atom. The van der Waals surface area contributed by atoms with E-state index in [1.54, 1.807) is 13.4 Å². The molecule has 2 rings (SSSR count). The van der Waals surface area contributed by atoms with Gasteiger partial charge >= 0.3 is 5.69 Å². The van der Waals surface area contributed by atoms with Gasteiger partial charge in [0.05, 0.1) is 6.33 Å². The van der Waals surface area contributed by atoms with E-state index in [2.05, 4.69) is 17.2 Å². The van der Waals surface area contributed by atoms with Gasteiger partial charge in [0.15, 0.2) is 11.2 Å². The highest BCUT2D eigenvalue weighted by Crippen LogP contribution is 2.13. The molecule has 0 saturated carbocycles. The summed E-state index contributed by atoms with van der Waals surface area (Å²) in [5.41, 5.74) is 0.317. The molecule has 7 nitrogen and oxygen atoms in total. The zero-order valence-electron chi connectivity index (χ0n) is 22.1. The van der Waals surface area contributed by atoms with Gasteiger partial charge < -0.3 is 9.88 Å². The maximum Gasteiger partial charge on any atom is 0.332 e. The molecule has 0 saturated heterocycles. The Kier molecular flexibility index (Phi) is 13.9. The number of nitrogens with zero attached hydrogens (tertiary/aromatic N) is 4. The molecule has 0 aliphatic carbocycles. The molecule has 0 unspecified atom stereocenters. The Balaban J connectivity index is 1.42. The van der Waals surface area contributed by atoms with Crippen LogP contribution in [0.1, 0.15) is 110 Å². The fourth-order valence-corrected chi connectivity index (χ4v) is 4.69. The van der Waals surface area contributed by atoms with Gasteiger partial charge in [0, 0.05) is 27.2 Å². The second kappa shape index (κ2) is 16.7. The molecule has 0 amide bonds. The van der Waals surface area contributed by atoms with Crippen LogP contribution >= 0.6 is 0 Å². The van der Waals surface area contributed by atoms with Crippen LogP contribution < -0.4 is 16.6 Å². The Morgan fingerprint density at radius 1 is 0.706 bits per heavy atom. The molecule has 0 radical (unpaired) electrons. The normalized spacial score (nSPS) is 11.6. The standard InChI is InChI=1S/C27H49N5O2/c1-4-5-6-7-8-9-10-11-12-13-14-15-16-17-18-19-20-28-21-22-32-23-29-25-24(32)26(33)31(3)27(34)30(25)2/h23,28H,4-22H2,1-3H3. The van der Waals surface area contributed by atoms with Crippen molar-refractivity contribution in [3.8, 4) is 0 Å².